The molecule has 2 fully saturated rings. The van der Waals surface area contributed by atoms with Crippen LogP contribution in [0.25, 0.3) is 0 Å². The third-order valence-corrected chi connectivity index (χ3v) is 2.58. The van der Waals surface area contributed by atoms with E-state index >= 15 is 0 Å². The molecule has 0 aromatic heterocycles. The highest BCUT2D eigenvalue weighted by molar-refractivity contribution is 5.81. The van der Waals surface area contributed by atoms with Gasteiger partial charge < -0.3 is 4.74 Å². The van der Waals surface area contributed by atoms with Gasteiger partial charge in [-0.15, -0.1) is 0 Å². The van der Waals surface area contributed by atoms with Crippen LogP contribution in [0.2, 0.25) is 0 Å². The number of ether oxygens (including phenoxy) is 1. The summed E-state index contributed by atoms with van der Waals surface area (Å²) in [7, 11) is 0. The van der Waals surface area contributed by atoms with E-state index in [-0.39, 0.29) is 5.92 Å². The molecule has 1 aliphatic carbocycles. The van der Waals surface area contributed by atoms with E-state index in [0.29, 0.717) is 25.4 Å². The molecule has 2 heteroatoms. The Labute approximate surface area is 66.9 Å². The van der Waals surface area contributed by atoms with Crippen molar-refractivity contribution in [3.8, 4) is 0 Å². The van der Waals surface area contributed by atoms with Crippen LogP contribution in [0.3, 0.4) is 0 Å². The maximum Gasteiger partial charge on any atom is 0.140 e. The van der Waals surface area contributed by atoms with Gasteiger partial charge >= 0.3 is 0 Å². The Kier molecular flexibility index (Phi) is 1.95. The molecule has 0 radical (unpaired) electrons. The minimum atomic E-state index is 0.247. The third kappa shape index (κ3) is 1.80. The van der Waals surface area contributed by atoms with Crippen LogP contribution in [-0.4, -0.2) is 19.0 Å². The van der Waals surface area contributed by atoms with Crippen LogP contribution in [0.4, 0.5) is 0 Å². The second-order valence-corrected chi connectivity index (χ2v) is 3.67. The van der Waals surface area contributed by atoms with E-state index in [1.54, 1.807) is 0 Å². The minimum Gasteiger partial charge on any atom is -0.380 e. The van der Waals surface area contributed by atoms with Gasteiger partial charge in [-0.3, -0.25) is 4.79 Å². The van der Waals surface area contributed by atoms with Crippen molar-refractivity contribution in [3.63, 3.8) is 0 Å². The van der Waals surface area contributed by atoms with Gasteiger partial charge in [-0.2, -0.15) is 0 Å². The Bertz CT molecular complexity index is 161. The highest BCUT2D eigenvalue weighted by Gasteiger charge is 2.30. The molecule has 1 heterocycles. The molecular formula is C9H14O2. The van der Waals surface area contributed by atoms with Crippen LogP contribution in [0.15, 0.2) is 0 Å². The van der Waals surface area contributed by atoms with Gasteiger partial charge in [-0.05, 0) is 12.3 Å². The summed E-state index contributed by atoms with van der Waals surface area (Å²) in [5.41, 5.74) is 0. The zero-order chi connectivity index (χ0) is 7.68. The monoisotopic (exact) mass is 154 g/mol. The van der Waals surface area contributed by atoms with Gasteiger partial charge in [-0.25, -0.2) is 0 Å². The van der Waals surface area contributed by atoms with Crippen molar-refractivity contribution in [2.75, 3.05) is 13.2 Å². The lowest BCUT2D eigenvalue weighted by Gasteiger charge is -2.20. The smallest absolute Gasteiger partial charge is 0.140 e. The largest absolute Gasteiger partial charge is 0.380 e. The van der Waals surface area contributed by atoms with E-state index in [9.17, 15) is 4.79 Å². The number of carbonyl (C=O) groups excluding carboxylic acids is 1. The Hall–Kier alpha value is -0.370. The maximum absolute atomic E-state index is 11.3. The number of hydrogen-bond acceptors (Lipinski definition) is 2. The quantitative estimate of drug-likeness (QED) is 0.600. The number of hydrogen-bond donors (Lipinski definition) is 0. The molecule has 62 valence electrons. The van der Waals surface area contributed by atoms with Crippen LogP contribution < -0.4 is 0 Å². The lowest BCUT2D eigenvalue weighted by atomic mass is 9.95. The van der Waals surface area contributed by atoms with Crippen molar-refractivity contribution in [2.24, 2.45) is 11.8 Å². The summed E-state index contributed by atoms with van der Waals surface area (Å²) in [6.07, 6.45) is 4.42. The summed E-state index contributed by atoms with van der Waals surface area (Å²) in [6.45, 7) is 1.34. The standard InChI is InChI=1S/C9H14O2/c10-9-3-4-11-6-8(9)5-7-1-2-7/h7-8H,1-6H2. The summed E-state index contributed by atoms with van der Waals surface area (Å²) in [5, 5.41) is 0. The second kappa shape index (κ2) is 2.94. The molecule has 11 heavy (non-hydrogen) atoms. The molecule has 2 aliphatic rings. The van der Waals surface area contributed by atoms with E-state index < -0.39 is 0 Å². The molecule has 2 nitrogen and oxygen atoms in total. The van der Waals surface area contributed by atoms with E-state index in [4.69, 9.17) is 4.74 Å². The van der Waals surface area contributed by atoms with Gasteiger partial charge in [0.05, 0.1) is 13.2 Å². The lowest BCUT2D eigenvalue weighted by Crippen LogP contribution is -2.27. The Balaban J connectivity index is 1.83. The first-order valence-corrected chi connectivity index (χ1v) is 4.46. The molecule has 0 aromatic rings. The molecule has 1 aliphatic heterocycles. The molecule has 0 bridgehead atoms. The van der Waals surface area contributed by atoms with Crippen molar-refractivity contribution in [1.82, 2.24) is 0 Å². The molecule has 0 N–H and O–H groups in total. The average molecular weight is 154 g/mol. The van der Waals surface area contributed by atoms with Gasteiger partial charge in [0.1, 0.15) is 5.78 Å². The second-order valence-electron chi connectivity index (χ2n) is 3.67. The number of rotatable bonds is 2. The number of ketones is 1. The SMILES string of the molecule is O=C1CCOCC1CC1CC1. The molecule has 1 saturated carbocycles. The van der Waals surface area contributed by atoms with E-state index in [1.165, 1.54) is 12.8 Å². The van der Waals surface area contributed by atoms with E-state index in [1.807, 2.05) is 0 Å². The fourth-order valence-corrected chi connectivity index (χ4v) is 1.65. The summed E-state index contributed by atoms with van der Waals surface area (Å²) in [6, 6.07) is 0. The predicted octanol–water partition coefficient (Wildman–Crippen LogP) is 1.39. The summed E-state index contributed by atoms with van der Waals surface area (Å²) in [4.78, 5) is 11.3. The Morgan fingerprint density at radius 1 is 1.45 bits per heavy atom. The Morgan fingerprint density at radius 3 is 2.91 bits per heavy atom. The first-order chi connectivity index (χ1) is 5.36. The molecule has 2 rings (SSSR count). The van der Waals surface area contributed by atoms with Crippen molar-refractivity contribution >= 4 is 5.78 Å². The third-order valence-electron chi connectivity index (χ3n) is 2.58. The van der Waals surface area contributed by atoms with Crippen molar-refractivity contribution in [1.29, 1.82) is 0 Å². The lowest BCUT2D eigenvalue weighted by molar-refractivity contribution is -0.130. The van der Waals surface area contributed by atoms with Crippen LogP contribution in [0, 0.1) is 11.8 Å². The van der Waals surface area contributed by atoms with Gasteiger partial charge in [0, 0.05) is 12.3 Å². The van der Waals surface area contributed by atoms with Crippen molar-refractivity contribution in [2.45, 2.75) is 25.7 Å². The summed E-state index contributed by atoms with van der Waals surface area (Å²) < 4.78 is 5.26. The van der Waals surface area contributed by atoms with E-state index in [0.717, 1.165) is 12.3 Å². The molecule has 0 aromatic carbocycles. The molecular weight excluding hydrogens is 140 g/mol. The summed E-state index contributed by atoms with van der Waals surface area (Å²) >= 11 is 0. The highest BCUT2D eigenvalue weighted by Crippen LogP contribution is 2.36. The fraction of sp³-hybridized carbons (Fsp3) is 0.889. The van der Waals surface area contributed by atoms with Gasteiger partial charge in [0.15, 0.2) is 0 Å². The topological polar surface area (TPSA) is 26.3 Å². The number of carbonyl (C=O) groups is 1. The van der Waals surface area contributed by atoms with Crippen LogP contribution in [0.1, 0.15) is 25.7 Å². The highest BCUT2D eigenvalue weighted by atomic mass is 16.5. The minimum absolute atomic E-state index is 0.247. The molecule has 0 amide bonds. The molecule has 1 saturated heterocycles. The predicted molar refractivity (Wildman–Crippen MR) is 41.3 cm³/mol. The molecule has 0 spiro atoms. The van der Waals surface area contributed by atoms with Gasteiger partial charge in [-0.1, -0.05) is 12.8 Å². The normalized spacial score (nSPS) is 32.4. The average Bonchev–Trinajstić information content (AvgIpc) is 2.78. The first kappa shape index (κ1) is 7.29. The van der Waals surface area contributed by atoms with Crippen LogP contribution >= 0.6 is 0 Å². The van der Waals surface area contributed by atoms with Crippen LogP contribution in [0.5, 0.6) is 0 Å². The van der Waals surface area contributed by atoms with Crippen molar-refractivity contribution in [3.05, 3.63) is 0 Å². The first-order valence-electron chi connectivity index (χ1n) is 4.46. The summed E-state index contributed by atoms with van der Waals surface area (Å²) in [5.74, 6) is 1.53. The molecule has 1 unspecified atom stereocenters. The molecule has 1 atom stereocenters. The van der Waals surface area contributed by atoms with Gasteiger partial charge in [0.25, 0.3) is 0 Å². The van der Waals surface area contributed by atoms with Crippen LogP contribution in [-0.2, 0) is 9.53 Å². The van der Waals surface area contributed by atoms with Gasteiger partial charge in [0.2, 0.25) is 0 Å². The van der Waals surface area contributed by atoms with E-state index in [2.05, 4.69) is 0 Å². The fourth-order valence-electron chi connectivity index (χ4n) is 1.65. The Morgan fingerprint density at radius 2 is 2.27 bits per heavy atom. The van der Waals surface area contributed by atoms with Crippen molar-refractivity contribution < 1.29 is 9.53 Å². The maximum atomic E-state index is 11.3. The zero-order valence-electron chi connectivity index (χ0n) is 6.71. The zero-order valence-corrected chi connectivity index (χ0v) is 6.71. The number of Topliss-reactive ketones (excluding diaryl/α,β-unsaturated/α-hetero) is 1.